The van der Waals surface area contributed by atoms with Crippen LogP contribution in [-0.2, 0) is 4.79 Å². The summed E-state index contributed by atoms with van der Waals surface area (Å²) in [4.78, 5) is 23.3. The minimum atomic E-state index is -0.973. The number of hydrogen-bond donors (Lipinski definition) is 2. The summed E-state index contributed by atoms with van der Waals surface area (Å²) in [5.41, 5.74) is -0.318. The number of nitrogens with one attached hydrogen (secondary N) is 1. The fourth-order valence-electron chi connectivity index (χ4n) is 1.96. The summed E-state index contributed by atoms with van der Waals surface area (Å²) in [6.45, 7) is 5.19. The van der Waals surface area contributed by atoms with Gasteiger partial charge >= 0.3 is 5.97 Å². The van der Waals surface area contributed by atoms with Crippen LogP contribution in [0.15, 0.2) is 18.2 Å². The van der Waals surface area contributed by atoms with Gasteiger partial charge in [-0.2, -0.15) is 0 Å². The maximum absolute atomic E-state index is 13.4. The SMILES string of the molecule is CCC(CC)(CNC(=O)c1ccc(C)c(F)c1)C(=O)O. The molecule has 2 N–H and O–H groups in total. The molecule has 1 amide bonds. The van der Waals surface area contributed by atoms with Crippen LogP contribution >= 0.6 is 0 Å². The Labute approximate surface area is 118 Å². The van der Waals surface area contributed by atoms with Gasteiger partial charge < -0.3 is 10.4 Å². The molecule has 110 valence electrons. The van der Waals surface area contributed by atoms with E-state index in [1.807, 2.05) is 0 Å². The molecule has 0 aromatic heterocycles. The zero-order valence-corrected chi connectivity index (χ0v) is 12.0. The molecule has 0 spiro atoms. The van der Waals surface area contributed by atoms with Crippen molar-refractivity contribution in [3.63, 3.8) is 0 Å². The number of rotatable bonds is 6. The van der Waals surface area contributed by atoms with Gasteiger partial charge in [0.05, 0.1) is 5.41 Å². The zero-order valence-electron chi connectivity index (χ0n) is 12.0. The van der Waals surface area contributed by atoms with E-state index < -0.39 is 23.1 Å². The average Bonchev–Trinajstić information content (AvgIpc) is 2.43. The van der Waals surface area contributed by atoms with E-state index in [9.17, 15) is 19.1 Å². The van der Waals surface area contributed by atoms with E-state index >= 15 is 0 Å². The highest BCUT2D eigenvalue weighted by Crippen LogP contribution is 2.25. The number of carboxylic acids is 1. The molecule has 1 aromatic rings. The number of aliphatic carboxylic acids is 1. The van der Waals surface area contributed by atoms with E-state index in [0.717, 1.165) is 6.07 Å². The fraction of sp³-hybridized carbons (Fsp3) is 0.467. The van der Waals surface area contributed by atoms with E-state index in [2.05, 4.69) is 5.32 Å². The maximum atomic E-state index is 13.4. The maximum Gasteiger partial charge on any atom is 0.311 e. The van der Waals surface area contributed by atoms with Crippen LogP contribution in [0, 0.1) is 18.2 Å². The van der Waals surface area contributed by atoms with Crippen LogP contribution in [0.25, 0.3) is 0 Å². The first-order valence-electron chi connectivity index (χ1n) is 6.64. The van der Waals surface area contributed by atoms with Crippen molar-refractivity contribution in [2.45, 2.75) is 33.6 Å². The van der Waals surface area contributed by atoms with Gasteiger partial charge in [-0.05, 0) is 37.5 Å². The molecule has 0 unspecified atom stereocenters. The Kier molecular flexibility index (Phi) is 5.25. The number of benzene rings is 1. The van der Waals surface area contributed by atoms with E-state index in [4.69, 9.17) is 0 Å². The summed E-state index contributed by atoms with van der Waals surface area (Å²) < 4.78 is 13.4. The Hall–Kier alpha value is -1.91. The van der Waals surface area contributed by atoms with Gasteiger partial charge in [-0.25, -0.2) is 4.39 Å². The summed E-state index contributed by atoms with van der Waals surface area (Å²) in [6, 6.07) is 4.20. The predicted molar refractivity (Wildman–Crippen MR) is 74.1 cm³/mol. The summed E-state index contributed by atoms with van der Waals surface area (Å²) in [7, 11) is 0. The van der Waals surface area contributed by atoms with Crippen LogP contribution in [0.2, 0.25) is 0 Å². The summed E-state index contributed by atoms with van der Waals surface area (Å²) in [5, 5.41) is 11.9. The van der Waals surface area contributed by atoms with Crippen LogP contribution in [0.3, 0.4) is 0 Å². The highest BCUT2D eigenvalue weighted by molar-refractivity contribution is 5.94. The average molecular weight is 281 g/mol. The minimum Gasteiger partial charge on any atom is -0.481 e. The summed E-state index contributed by atoms with van der Waals surface area (Å²) in [6.07, 6.45) is 0.836. The molecule has 0 bridgehead atoms. The minimum absolute atomic E-state index is 0.0314. The summed E-state index contributed by atoms with van der Waals surface area (Å²) >= 11 is 0. The third-order valence-electron chi connectivity index (χ3n) is 3.83. The van der Waals surface area contributed by atoms with Gasteiger partial charge in [0.25, 0.3) is 5.91 Å². The van der Waals surface area contributed by atoms with E-state index in [-0.39, 0.29) is 12.1 Å². The molecular formula is C15H20FNO3. The molecule has 0 radical (unpaired) electrons. The molecule has 0 saturated heterocycles. The van der Waals surface area contributed by atoms with Crippen molar-refractivity contribution in [1.29, 1.82) is 0 Å². The Balaban J connectivity index is 2.80. The van der Waals surface area contributed by atoms with Crippen molar-refractivity contribution in [2.24, 2.45) is 5.41 Å². The molecule has 0 heterocycles. The first-order valence-corrected chi connectivity index (χ1v) is 6.64. The number of carbonyl (C=O) groups is 2. The second-order valence-electron chi connectivity index (χ2n) is 4.94. The van der Waals surface area contributed by atoms with Crippen molar-refractivity contribution in [1.82, 2.24) is 5.32 Å². The van der Waals surface area contributed by atoms with Gasteiger partial charge in [0.1, 0.15) is 5.82 Å². The quantitative estimate of drug-likeness (QED) is 0.842. The molecule has 0 aliphatic carbocycles. The number of aryl methyl sites for hydroxylation is 1. The molecule has 1 aromatic carbocycles. The van der Waals surface area contributed by atoms with Gasteiger partial charge in [0.15, 0.2) is 0 Å². The Bertz CT molecular complexity index is 510. The second-order valence-corrected chi connectivity index (χ2v) is 4.94. The van der Waals surface area contributed by atoms with Crippen molar-refractivity contribution in [3.8, 4) is 0 Å². The first kappa shape index (κ1) is 16.1. The number of halogens is 1. The van der Waals surface area contributed by atoms with Crippen LogP contribution in [0.1, 0.15) is 42.6 Å². The van der Waals surface area contributed by atoms with Gasteiger partial charge in [-0.3, -0.25) is 9.59 Å². The fourth-order valence-corrected chi connectivity index (χ4v) is 1.96. The molecule has 5 heteroatoms. The third-order valence-corrected chi connectivity index (χ3v) is 3.83. The number of carboxylic acid groups (broad SMARTS) is 1. The highest BCUT2D eigenvalue weighted by atomic mass is 19.1. The van der Waals surface area contributed by atoms with E-state index in [1.54, 1.807) is 20.8 Å². The Morgan fingerprint density at radius 1 is 1.30 bits per heavy atom. The van der Waals surface area contributed by atoms with Crippen molar-refractivity contribution < 1.29 is 19.1 Å². The second kappa shape index (κ2) is 6.50. The molecule has 0 saturated carbocycles. The van der Waals surface area contributed by atoms with Crippen LogP contribution in [0.5, 0.6) is 0 Å². The molecule has 0 atom stereocenters. The topological polar surface area (TPSA) is 66.4 Å². The lowest BCUT2D eigenvalue weighted by molar-refractivity contribution is -0.149. The van der Waals surface area contributed by atoms with Gasteiger partial charge in [0, 0.05) is 12.1 Å². The monoisotopic (exact) mass is 281 g/mol. The van der Waals surface area contributed by atoms with E-state index in [1.165, 1.54) is 12.1 Å². The van der Waals surface area contributed by atoms with E-state index in [0.29, 0.717) is 18.4 Å². The van der Waals surface area contributed by atoms with Crippen LogP contribution in [0.4, 0.5) is 4.39 Å². The third kappa shape index (κ3) is 3.35. The molecule has 0 fully saturated rings. The number of hydrogen-bond acceptors (Lipinski definition) is 2. The first-order chi connectivity index (χ1) is 9.36. The van der Waals surface area contributed by atoms with Gasteiger partial charge in [0.2, 0.25) is 0 Å². The predicted octanol–water partition coefficient (Wildman–Crippen LogP) is 2.75. The Morgan fingerprint density at radius 2 is 1.90 bits per heavy atom. The number of carbonyl (C=O) groups excluding carboxylic acids is 1. The summed E-state index contributed by atoms with van der Waals surface area (Å²) in [5.74, 6) is -1.84. The zero-order chi connectivity index (χ0) is 15.3. The van der Waals surface area contributed by atoms with Crippen molar-refractivity contribution >= 4 is 11.9 Å². The molecule has 0 aliphatic heterocycles. The molecular weight excluding hydrogens is 261 g/mol. The molecule has 4 nitrogen and oxygen atoms in total. The molecule has 20 heavy (non-hydrogen) atoms. The normalized spacial score (nSPS) is 11.2. The molecule has 1 rings (SSSR count). The highest BCUT2D eigenvalue weighted by Gasteiger charge is 2.35. The van der Waals surface area contributed by atoms with Crippen LogP contribution in [-0.4, -0.2) is 23.5 Å². The lowest BCUT2D eigenvalue weighted by atomic mass is 9.82. The standard InChI is InChI=1S/C15H20FNO3/c1-4-15(5-2,14(19)20)9-17-13(18)11-7-6-10(3)12(16)8-11/h6-8H,4-5,9H2,1-3H3,(H,17,18)(H,19,20). The van der Waals surface area contributed by atoms with Crippen molar-refractivity contribution in [2.75, 3.05) is 6.54 Å². The largest absolute Gasteiger partial charge is 0.481 e. The Morgan fingerprint density at radius 3 is 2.35 bits per heavy atom. The molecule has 0 aliphatic rings. The smallest absolute Gasteiger partial charge is 0.311 e. The van der Waals surface area contributed by atoms with Crippen molar-refractivity contribution in [3.05, 3.63) is 35.1 Å². The number of amides is 1. The lowest BCUT2D eigenvalue weighted by Gasteiger charge is -2.26. The lowest BCUT2D eigenvalue weighted by Crippen LogP contribution is -2.42. The van der Waals surface area contributed by atoms with Crippen LogP contribution < -0.4 is 5.32 Å². The van der Waals surface area contributed by atoms with Gasteiger partial charge in [-0.15, -0.1) is 0 Å². The van der Waals surface area contributed by atoms with Gasteiger partial charge in [-0.1, -0.05) is 19.9 Å².